The molecule has 2 aromatic rings. The molecule has 1 aromatic carbocycles. The summed E-state index contributed by atoms with van der Waals surface area (Å²) in [6, 6.07) is 12.1. The van der Waals surface area contributed by atoms with Gasteiger partial charge in [-0.15, -0.1) is 0 Å². The number of phenolic OH excluding ortho intramolecular Hbond substituents is 1. The van der Waals surface area contributed by atoms with Crippen LogP contribution in [0.3, 0.4) is 0 Å². The summed E-state index contributed by atoms with van der Waals surface area (Å²) in [7, 11) is 1.70. The first-order chi connectivity index (χ1) is 9.06. The molecule has 0 aliphatic carbocycles. The highest BCUT2D eigenvalue weighted by Crippen LogP contribution is 2.14. The van der Waals surface area contributed by atoms with Crippen LogP contribution in [-0.4, -0.2) is 27.9 Å². The fraction of sp³-hybridized carbons (Fsp3) is 0.143. The minimum absolute atomic E-state index is 0.162. The second-order valence-electron chi connectivity index (χ2n) is 4.18. The van der Waals surface area contributed by atoms with E-state index >= 15 is 0 Å². The highest BCUT2D eigenvalue weighted by molar-refractivity contribution is 9.10. The maximum atomic E-state index is 12.2. The van der Waals surface area contributed by atoms with Gasteiger partial charge in [-0.25, -0.2) is 4.98 Å². The molecule has 19 heavy (non-hydrogen) atoms. The van der Waals surface area contributed by atoms with Crippen molar-refractivity contribution in [2.75, 3.05) is 7.05 Å². The van der Waals surface area contributed by atoms with E-state index in [4.69, 9.17) is 0 Å². The van der Waals surface area contributed by atoms with Gasteiger partial charge in [-0.05, 0) is 45.8 Å². The Hall–Kier alpha value is -1.88. The highest BCUT2D eigenvalue weighted by Gasteiger charge is 2.13. The molecule has 1 N–H and O–H groups in total. The van der Waals surface area contributed by atoms with E-state index in [1.807, 2.05) is 6.07 Å². The molecule has 1 aromatic heterocycles. The predicted molar refractivity (Wildman–Crippen MR) is 75.8 cm³/mol. The Bertz CT molecular complexity index is 602. The van der Waals surface area contributed by atoms with Gasteiger partial charge >= 0.3 is 0 Å². The number of rotatable bonds is 3. The Kier molecular flexibility index (Phi) is 4.16. The van der Waals surface area contributed by atoms with Crippen molar-refractivity contribution in [2.45, 2.75) is 6.54 Å². The smallest absolute Gasteiger partial charge is 0.272 e. The summed E-state index contributed by atoms with van der Waals surface area (Å²) in [6.45, 7) is 0.418. The van der Waals surface area contributed by atoms with Gasteiger partial charge in [0.05, 0.1) is 0 Å². The van der Waals surface area contributed by atoms with Gasteiger partial charge in [-0.1, -0.05) is 18.2 Å². The summed E-state index contributed by atoms with van der Waals surface area (Å²) < 4.78 is 0.629. The third kappa shape index (κ3) is 3.54. The number of carbonyl (C=O) groups excluding carboxylic acids is 1. The average molecular weight is 321 g/mol. The summed E-state index contributed by atoms with van der Waals surface area (Å²) in [5.41, 5.74) is 1.25. The molecule has 4 nitrogen and oxygen atoms in total. The summed E-state index contributed by atoms with van der Waals surface area (Å²) >= 11 is 3.24. The second kappa shape index (κ2) is 5.84. The molecule has 0 unspecified atom stereocenters. The van der Waals surface area contributed by atoms with Crippen molar-refractivity contribution in [3.8, 4) is 5.75 Å². The maximum absolute atomic E-state index is 12.2. The standard InChI is InChI=1S/C14H13BrN2O2/c1-17(9-10-4-2-5-11(18)8-10)14(19)12-6-3-7-13(15)16-12/h2-8,18H,9H2,1H3. The number of aromatic nitrogens is 1. The van der Waals surface area contributed by atoms with E-state index in [0.717, 1.165) is 5.56 Å². The third-order valence-electron chi connectivity index (χ3n) is 2.61. The van der Waals surface area contributed by atoms with Gasteiger partial charge in [0, 0.05) is 13.6 Å². The van der Waals surface area contributed by atoms with Gasteiger partial charge < -0.3 is 10.0 Å². The molecule has 0 bridgehead atoms. The van der Waals surface area contributed by atoms with E-state index < -0.39 is 0 Å². The van der Waals surface area contributed by atoms with Gasteiger partial charge in [0.15, 0.2) is 0 Å². The Morgan fingerprint density at radius 1 is 1.32 bits per heavy atom. The van der Waals surface area contributed by atoms with Crippen LogP contribution in [0.2, 0.25) is 0 Å². The molecule has 0 saturated heterocycles. The van der Waals surface area contributed by atoms with E-state index in [9.17, 15) is 9.90 Å². The van der Waals surface area contributed by atoms with E-state index in [1.54, 1.807) is 48.3 Å². The van der Waals surface area contributed by atoms with Crippen molar-refractivity contribution < 1.29 is 9.90 Å². The average Bonchev–Trinajstić information content (AvgIpc) is 2.38. The number of carbonyl (C=O) groups is 1. The van der Waals surface area contributed by atoms with Gasteiger partial charge in [-0.3, -0.25) is 4.79 Å². The number of nitrogens with zero attached hydrogens (tertiary/aromatic N) is 2. The molecule has 98 valence electrons. The highest BCUT2D eigenvalue weighted by atomic mass is 79.9. The summed E-state index contributed by atoms with van der Waals surface area (Å²) in [5.74, 6) is 0.0311. The molecule has 1 amide bonds. The van der Waals surface area contributed by atoms with Gasteiger partial charge in [0.25, 0.3) is 5.91 Å². The SMILES string of the molecule is CN(Cc1cccc(O)c1)C(=O)c1cccc(Br)n1. The fourth-order valence-corrected chi connectivity index (χ4v) is 2.07. The fourth-order valence-electron chi connectivity index (χ4n) is 1.72. The maximum Gasteiger partial charge on any atom is 0.272 e. The lowest BCUT2D eigenvalue weighted by atomic mass is 10.2. The Balaban J connectivity index is 2.12. The number of amides is 1. The number of phenols is 1. The molecule has 5 heteroatoms. The topological polar surface area (TPSA) is 53.4 Å². The molecule has 0 radical (unpaired) electrons. The van der Waals surface area contributed by atoms with Crippen LogP contribution in [0.15, 0.2) is 47.1 Å². The zero-order valence-corrected chi connectivity index (χ0v) is 12.0. The minimum Gasteiger partial charge on any atom is -0.508 e. The first-order valence-corrected chi connectivity index (χ1v) is 6.51. The van der Waals surface area contributed by atoms with Crippen LogP contribution in [0.1, 0.15) is 16.1 Å². The van der Waals surface area contributed by atoms with Crippen LogP contribution in [0.5, 0.6) is 5.75 Å². The Labute approximate surface area is 119 Å². The lowest BCUT2D eigenvalue weighted by Crippen LogP contribution is -2.27. The monoisotopic (exact) mass is 320 g/mol. The van der Waals surface area contributed by atoms with E-state index in [0.29, 0.717) is 16.8 Å². The third-order valence-corrected chi connectivity index (χ3v) is 3.05. The molecule has 1 heterocycles. The molecule has 0 aliphatic rings. The van der Waals surface area contributed by atoms with Crippen LogP contribution in [0, 0.1) is 0 Å². The first kappa shape index (κ1) is 13.5. The Morgan fingerprint density at radius 2 is 2.05 bits per heavy atom. The van der Waals surface area contributed by atoms with Crippen LogP contribution < -0.4 is 0 Å². The number of benzene rings is 1. The van der Waals surface area contributed by atoms with Crippen LogP contribution in [-0.2, 0) is 6.54 Å². The van der Waals surface area contributed by atoms with Crippen LogP contribution in [0.25, 0.3) is 0 Å². The zero-order valence-electron chi connectivity index (χ0n) is 10.4. The van der Waals surface area contributed by atoms with E-state index in [-0.39, 0.29) is 11.7 Å². The van der Waals surface area contributed by atoms with E-state index in [1.165, 1.54) is 0 Å². The van der Waals surface area contributed by atoms with Crippen molar-refractivity contribution in [1.82, 2.24) is 9.88 Å². The predicted octanol–water partition coefficient (Wildman–Crippen LogP) is 2.82. The van der Waals surface area contributed by atoms with Crippen molar-refractivity contribution in [3.63, 3.8) is 0 Å². The largest absolute Gasteiger partial charge is 0.508 e. The van der Waals surface area contributed by atoms with Gasteiger partial charge in [0.2, 0.25) is 0 Å². The second-order valence-corrected chi connectivity index (χ2v) is 4.99. The molecular weight excluding hydrogens is 308 g/mol. The summed E-state index contributed by atoms with van der Waals surface area (Å²) in [4.78, 5) is 17.9. The molecule has 0 spiro atoms. The molecule has 0 fully saturated rings. The van der Waals surface area contributed by atoms with Crippen molar-refractivity contribution >= 4 is 21.8 Å². The van der Waals surface area contributed by atoms with Gasteiger partial charge in [0.1, 0.15) is 16.0 Å². The lowest BCUT2D eigenvalue weighted by Gasteiger charge is -2.17. The van der Waals surface area contributed by atoms with Crippen molar-refractivity contribution in [3.05, 3.63) is 58.3 Å². The number of hydrogen-bond donors (Lipinski definition) is 1. The van der Waals surface area contributed by atoms with Gasteiger partial charge in [-0.2, -0.15) is 0 Å². The Morgan fingerprint density at radius 3 is 2.74 bits per heavy atom. The van der Waals surface area contributed by atoms with Crippen LogP contribution in [0.4, 0.5) is 0 Å². The number of hydrogen-bond acceptors (Lipinski definition) is 3. The molecule has 0 saturated carbocycles. The molecule has 0 atom stereocenters. The zero-order chi connectivity index (χ0) is 13.8. The van der Waals surface area contributed by atoms with Crippen molar-refractivity contribution in [1.29, 1.82) is 0 Å². The number of aromatic hydroxyl groups is 1. The minimum atomic E-state index is -0.162. The van der Waals surface area contributed by atoms with Crippen LogP contribution >= 0.6 is 15.9 Å². The molecular formula is C14H13BrN2O2. The first-order valence-electron chi connectivity index (χ1n) is 5.72. The summed E-state index contributed by atoms with van der Waals surface area (Å²) in [5, 5.41) is 9.40. The normalized spacial score (nSPS) is 10.2. The number of pyridine rings is 1. The van der Waals surface area contributed by atoms with E-state index in [2.05, 4.69) is 20.9 Å². The molecule has 2 rings (SSSR count). The lowest BCUT2D eigenvalue weighted by molar-refractivity contribution is 0.0779. The quantitative estimate of drug-likeness (QED) is 0.885. The number of halogens is 1. The molecule has 0 aliphatic heterocycles. The van der Waals surface area contributed by atoms with Crippen molar-refractivity contribution in [2.24, 2.45) is 0 Å². The summed E-state index contributed by atoms with van der Waals surface area (Å²) in [6.07, 6.45) is 0.